The van der Waals surface area contributed by atoms with E-state index in [0.717, 1.165) is 15.2 Å². The minimum absolute atomic E-state index is 0.343. The smallest absolute Gasteiger partial charge is 0.142 e. The van der Waals surface area contributed by atoms with Crippen molar-refractivity contribution in [1.29, 1.82) is 0 Å². The Morgan fingerprint density at radius 1 is 1.33 bits per heavy atom. The van der Waals surface area contributed by atoms with Crippen LogP contribution in [0.4, 0.5) is 0 Å². The Kier molecular flexibility index (Phi) is 3.05. The second-order valence-corrected chi connectivity index (χ2v) is 4.51. The molecule has 1 aromatic heterocycles. The first-order valence-corrected chi connectivity index (χ1v) is 5.66. The topological polar surface area (TPSA) is 22.1 Å². The number of hydrogen-bond acceptors (Lipinski definition) is 2. The van der Waals surface area contributed by atoms with Crippen LogP contribution in [-0.2, 0) is 0 Å². The highest BCUT2D eigenvalue weighted by Crippen LogP contribution is 2.36. The Hall–Kier alpha value is -0.510. The molecule has 0 aliphatic heterocycles. The molecule has 2 nitrogen and oxygen atoms in total. The lowest BCUT2D eigenvalue weighted by Crippen LogP contribution is -1.88. The van der Waals surface area contributed by atoms with Gasteiger partial charge in [0.25, 0.3) is 0 Å². The molecule has 0 radical (unpaired) electrons. The van der Waals surface area contributed by atoms with Crippen LogP contribution in [-0.4, -0.2) is 12.1 Å². The van der Waals surface area contributed by atoms with Crippen molar-refractivity contribution in [2.75, 3.05) is 7.11 Å². The van der Waals surface area contributed by atoms with Gasteiger partial charge in [0.2, 0.25) is 0 Å². The third-order valence-corrected chi connectivity index (χ3v) is 3.21. The van der Waals surface area contributed by atoms with Crippen molar-refractivity contribution in [3.05, 3.63) is 33.0 Å². The van der Waals surface area contributed by atoms with Gasteiger partial charge in [-0.2, -0.15) is 0 Å². The molecule has 1 heterocycles. The minimum Gasteiger partial charge on any atom is -0.496 e. The van der Waals surface area contributed by atoms with Crippen molar-refractivity contribution in [2.45, 2.75) is 0 Å². The van der Waals surface area contributed by atoms with E-state index < -0.39 is 0 Å². The number of methoxy groups -OCH3 is 1. The molecule has 1 aromatic carbocycles. The fourth-order valence-corrected chi connectivity index (χ4v) is 2.37. The van der Waals surface area contributed by atoms with Crippen LogP contribution >= 0.6 is 39.1 Å². The number of nitrogens with zero attached hydrogens (tertiary/aromatic N) is 1. The zero-order valence-electron chi connectivity index (χ0n) is 7.72. The van der Waals surface area contributed by atoms with Gasteiger partial charge in [-0.25, -0.2) is 4.98 Å². The zero-order chi connectivity index (χ0) is 11.0. The monoisotopic (exact) mass is 305 g/mol. The van der Waals surface area contributed by atoms with Crippen LogP contribution in [0.25, 0.3) is 10.8 Å². The Morgan fingerprint density at radius 3 is 2.73 bits per heavy atom. The lowest BCUT2D eigenvalue weighted by Gasteiger charge is -2.08. The summed E-state index contributed by atoms with van der Waals surface area (Å²) in [7, 11) is 1.59. The average Bonchev–Trinajstić information content (AvgIpc) is 2.19. The van der Waals surface area contributed by atoms with Crippen molar-refractivity contribution in [3.8, 4) is 5.75 Å². The number of pyridine rings is 1. The summed E-state index contributed by atoms with van der Waals surface area (Å²) in [5, 5.41) is 2.36. The molecule has 2 rings (SSSR count). The van der Waals surface area contributed by atoms with Gasteiger partial charge >= 0.3 is 0 Å². The number of aromatic nitrogens is 1. The van der Waals surface area contributed by atoms with E-state index in [9.17, 15) is 0 Å². The molecule has 15 heavy (non-hydrogen) atoms. The molecule has 0 unspecified atom stereocenters. The Morgan fingerprint density at radius 2 is 2.07 bits per heavy atom. The van der Waals surface area contributed by atoms with E-state index in [1.165, 1.54) is 0 Å². The van der Waals surface area contributed by atoms with Gasteiger partial charge in [-0.3, -0.25) is 0 Å². The van der Waals surface area contributed by atoms with Crippen LogP contribution < -0.4 is 4.74 Å². The molecule has 78 valence electrons. The largest absolute Gasteiger partial charge is 0.496 e. The van der Waals surface area contributed by atoms with Gasteiger partial charge in [-0.05, 0) is 18.2 Å². The number of rotatable bonds is 1. The van der Waals surface area contributed by atoms with Gasteiger partial charge in [-0.15, -0.1) is 0 Å². The first kappa shape index (κ1) is 11.0. The average molecular weight is 307 g/mol. The standard InChI is InChI=1S/C10H6BrCl2NO/c1-15-7-3-2-6(11)5-4-8(12)14-10(13)9(5)7/h2-4H,1H3. The zero-order valence-corrected chi connectivity index (χ0v) is 10.8. The first-order valence-electron chi connectivity index (χ1n) is 4.11. The molecular formula is C10H6BrCl2NO. The summed E-state index contributed by atoms with van der Waals surface area (Å²) in [6.07, 6.45) is 0. The highest BCUT2D eigenvalue weighted by atomic mass is 79.9. The molecule has 5 heteroatoms. The summed E-state index contributed by atoms with van der Waals surface area (Å²) in [6, 6.07) is 5.46. The summed E-state index contributed by atoms with van der Waals surface area (Å²) in [4.78, 5) is 3.98. The maximum atomic E-state index is 6.02. The van der Waals surface area contributed by atoms with E-state index in [1.807, 2.05) is 12.1 Å². The van der Waals surface area contributed by atoms with Crippen LogP contribution in [0.3, 0.4) is 0 Å². The first-order chi connectivity index (χ1) is 7.13. The lowest BCUT2D eigenvalue weighted by molar-refractivity contribution is 0.419. The Labute approximate surface area is 105 Å². The summed E-state index contributed by atoms with van der Waals surface area (Å²) >= 11 is 15.3. The molecule has 0 aliphatic carbocycles. The molecule has 2 aromatic rings. The van der Waals surface area contributed by atoms with Crippen molar-refractivity contribution in [3.63, 3.8) is 0 Å². The summed E-state index contributed by atoms with van der Waals surface area (Å²) in [6.45, 7) is 0. The highest BCUT2D eigenvalue weighted by Gasteiger charge is 2.11. The van der Waals surface area contributed by atoms with Crippen LogP contribution in [0.1, 0.15) is 0 Å². The summed E-state index contributed by atoms with van der Waals surface area (Å²) < 4.78 is 6.12. The van der Waals surface area contributed by atoms with E-state index >= 15 is 0 Å². The fraction of sp³-hybridized carbons (Fsp3) is 0.100. The van der Waals surface area contributed by atoms with Gasteiger partial charge in [0.15, 0.2) is 0 Å². The van der Waals surface area contributed by atoms with E-state index in [1.54, 1.807) is 13.2 Å². The normalized spacial score (nSPS) is 10.7. The molecule has 0 bridgehead atoms. The van der Waals surface area contributed by atoms with E-state index in [4.69, 9.17) is 27.9 Å². The third kappa shape index (κ3) is 1.92. The van der Waals surface area contributed by atoms with Crippen molar-refractivity contribution < 1.29 is 4.74 Å². The second-order valence-electron chi connectivity index (χ2n) is 2.91. The quantitative estimate of drug-likeness (QED) is 0.732. The minimum atomic E-state index is 0.343. The molecular weight excluding hydrogens is 301 g/mol. The van der Waals surface area contributed by atoms with Gasteiger partial charge in [0.05, 0.1) is 12.5 Å². The van der Waals surface area contributed by atoms with Gasteiger partial charge in [0.1, 0.15) is 16.1 Å². The Balaban J connectivity index is 2.93. The molecule has 0 spiro atoms. The predicted octanol–water partition coefficient (Wildman–Crippen LogP) is 4.31. The number of fused-ring (bicyclic) bond motifs is 1. The molecule has 0 saturated carbocycles. The summed E-state index contributed by atoms with van der Waals surface area (Å²) in [5.41, 5.74) is 0. The van der Waals surface area contributed by atoms with Gasteiger partial charge < -0.3 is 4.74 Å². The highest BCUT2D eigenvalue weighted by molar-refractivity contribution is 9.10. The molecule has 0 saturated heterocycles. The van der Waals surface area contributed by atoms with E-state index in [0.29, 0.717) is 16.1 Å². The van der Waals surface area contributed by atoms with Crippen molar-refractivity contribution in [1.82, 2.24) is 4.98 Å². The molecule has 0 fully saturated rings. The van der Waals surface area contributed by atoms with Gasteiger partial charge in [-0.1, -0.05) is 39.1 Å². The molecule has 0 atom stereocenters. The maximum absolute atomic E-state index is 6.02. The van der Waals surface area contributed by atoms with Crippen molar-refractivity contribution in [2.24, 2.45) is 0 Å². The predicted molar refractivity (Wildman–Crippen MR) is 66.0 cm³/mol. The molecule has 0 N–H and O–H groups in total. The van der Waals surface area contributed by atoms with E-state index in [-0.39, 0.29) is 0 Å². The number of hydrogen-bond donors (Lipinski definition) is 0. The van der Waals surface area contributed by atoms with Crippen LogP contribution in [0.5, 0.6) is 5.75 Å². The third-order valence-electron chi connectivity index (χ3n) is 2.05. The summed E-state index contributed by atoms with van der Waals surface area (Å²) in [5.74, 6) is 0.683. The number of halogens is 3. The lowest BCUT2D eigenvalue weighted by atomic mass is 10.1. The van der Waals surface area contributed by atoms with Crippen molar-refractivity contribution >= 4 is 49.9 Å². The van der Waals surface area contributed by atoms with Crippen LogP contribution in [0.15, 0.2) is 22.7 Å². The van der Waals surface area contributed by atoms with Crippen LogP contribution in [0, 0.1) is 0 Å². The Bertz CT molecular complexity index is 530. The number of benzene rings is 1. The van der Waals surface area contributed by atoms with E-state index in [2.05, 4.69) is 20.9 Å². The molecule has 0 aliphatic rings. The second kappa shape index (κ2) is 4.16. The fourth-order valence-electron chi connectivity index (χ4n) is 1.40. The van der Waals surface area contributed by atoms with Crippen LogP contribution in [0.2, 0.25) is 10.3 Å². The van der Waals surface area contributed by atoms with Gasteiger partial charge in [0, 0.05) is 9.86 Å². The SMILES string of the molecule is COc1ccc(Br)c2cc(Cl)nc(Cl)c12. The number of ether oxygens (including phenoxy) is 1. The molecule has 0 amide bonds. The maximum Gasteiger partial charge on any atom is 0.142 e.